The van der Waals surface area contributed by atoms with Gasteiger partial charge in [0.2, 0.25) is 0 Å². The van der Waals surface area contributed by atoms with Gasteiger partial charge in [0.05, 0.1) is 5.69 Å². The highest BCUT2D eigenvalue weighted by atomic mass is 32.1. The van der Waals surface area contributed by atoms with Crippen LogP contribution in [0, 0.1) is 5.92 Å². The fourth-order valence-electron chi connectivity index (χ4n) is 2.75. The van der Waals surface area contributed by atoms with Crippen molar-refractivity contribution in [2.45, 2.75) is 32.7 Å². The predicted octanol–water partition coefficient (Wildman–Crippen LogP) is 2.38. The van der Waals surface area contributed by atoms with E-state index in [1.807, 2.05) is 5.38 Å². The number of rotatable bonds is 3. The summed E-state index contributed by atoms with van der Waals surface area (Å²) in [5.41, 5.74) is 0.937. The molecule has 1 fully saturated rings. The van der Waals surface area contributed by atoms with Crippen molar-refractivity contribution >= 4 is 16.3 Å². The minimum absolute atomic E-state index is 0.0321. The average molecular weight is 277 g/mol. The highest BCUT2D eigenvalue weighted by molar-refractivity contribution is 7.15. The quantitative estimate of drug-likeness (QED) is 0.864. The molecule has 0 amide bonds. The lowest BCUT2D eigenvalue weighted by molar-refractivity contribution is 0.173. The maximum absolute atomic E-state index is 11.9. The largest absolute Gasteiger partial charge is 0.297 e. The Bertz CT molecular complexity index is 610. The van der Waals surface area contributed by atoms with Gasteiger partial charge in [-0.3, -0.25) is 14.1 Å². The second-order valence-electron chi connectivity index (χ2n) is 5.27. The molecule has 1 aliphatic heterocycles. The topological polar surface area (TPSA) is 37.6 Å². The first-order chi connectivity index (χ1) is 9.26. The third-order valence-corrected chi connectivity index (χ3v) is 4.78. The van der Waals surface area contributed by atoms with Gasteiger partial charge in [-0.2, -0.15) is 0 Å². The van der Waals surface area contributed by atoms with Gasteiger partial charge < -0.3 is 0 Å². The number of fused-ring (bicyclic) bond motifs is 1. The van der Waals surface area contributed by atoms with Gasteiger partial charge in [-0.1, -0.05) is 13.3 Å². The minimum atomic E-state index is 0.0321. The van der Waals surface area contributed by atoms with Crippen LogP contribution in [0.5, 0.6) is 0 Å². The lowest BCUT2D eigenvalue weighted by Gasteiger charge is -2.31. The molecule has 1 saturated heterocycles. The first kappa shape index (κ1) is 12.8. The van der Waals surface area contributed by atoms with Crippen LogP contribution in [0.1, 0.15) is 31.9 Å². The first-order valence-electron chi connectivity index (χ1n) is 6.94. The van der Waals surface area contributed by atoms with Crippen molar-refractivity contribution in [1.29, 1.82) is 0 Å². The summed E-state index contributed by atoms with van der Waals surface area (Å²) in [5, 5.41) is 1.90. The Morgan fingerprint density at radius 1 is 1.42 bits per heavy atom. The third kappa shape index (κ3) is 2.72. The van der Waals surface area contributed by atoms with E-state index in [9.17, 15) is 4.79 Å². The van der Waals surface area contributed by atoms with Crippen molar-refractivity contribution in [3.8, 4) is 0 Å². The fourth-order valence-corrected chi connectivity index (χ4v) is 3.49. The Morgan fingerprint density at radius 3 is 2.95 bits per heavy atom. The van der Waals surface area contributed by atoms with Crippen molar-refractivity contribution in [3.05, 3.63) is 33.7 Å². The molecule has 2 aromatic heterocycles. The molecule has 0 aromatic carbocycles. The number of nitrogens with zero attached hydrogens (tertiary/aromatic N) is 3. The van der Waals surface area contributed by atoms with Gasteiger partial charge in [0.1, 0.15) is 0 Å². The third-order valence-electron chi connectivity index (χ3n) is 4.03. The van der Waals surface area contributed by atoms with Crippen molar-refractivity contribution in [2.75, 3.05) is 13.1 Å². The van der Waals surface area contributed by atoms with E-state index in [1.165, 1.54) is 30.6 Å². The molecular weight excluding hydrogens is 258 g/mol. The molecule has 3 heterocycles. The number of hydrogen-bond donors (Lipinski definition) is 0. The van der Waals surface area contributed by atoms with Crippen LogP contribution in [0.2, 0.25) is 0 Å². The zero-order valence-electron chi connectivity index (χ0n) is 11.2. The molecule has 0 bridgehead atoms. The van der Waals surface area contributed by atoms with Crippen LogP contribution >= 0.6 is 11.3 Å². The Kier molecular flexibility index (Phi) is 3.66. The van der Waals surface area contributed by atoms with Gasteiger partial charge in [0, 0.05) is 24.2 Å². The standard InChI is InChI=1S/C14H19N3OS/c1-2-11-3-5-16(6-4-11)10-12-9-13(18)17-7-8-19-14(17)15-12/h7-9,11H,2-6,10H2,1H3. The van der Waals surface area contributed by atoms with Crippen LogP contribution in [0.15, 0.2) is 22.4 Å². The van der Waals surface area contributed by atoms with Crippen molar-refractivity contribution in [2.24, 2.45) is 5.92 Å². The number of aromatic nitrogens is 2. The minimum Gasteiger partial charge on any atom is -0.297 e. The van der Waals surface area contributed by atoms with Crippen molar-refractivity contribution in [1.82, 2.24) is 14.3 Å². The molecule has 0 atom stereocenters. The molecule has 0 radical (unpaired) electrons. The molecule has 0 spiro atoms. The maximum atomic E-state index is 11.9. The van der Waals surface area contributed by atoms with Crippen LogP contribution in [0.3, 0.4) is 0 Å². The summed E-state index contributed by atoms with van der Waals surface area (Å²) in [4.78, 5) is 19.7. The van der Waals surface area contributed by atoms with Gasteiger partial charge >= 0.3 is 0 Å². The molecule has 2 aromatic rings. The number of piperidine rings is 1. The molecule has 0 unspecified atom stereocenters. The summed E-state index contributed by atoms with van der Waals surface area (Å²) >= 11 is 1.52. The van der Waals surface area contributed by atoms with E-state index in [-0.39, 0.29) is 5.56 Å². The lowest BCUT2D eigenvalue weighted by Crippen LogP contribution is -2.33. The molecule has 0 saturated carbocycles. The molecule has 4 nitrogen and oxygen atoms in total. The van der Waals surface area contributed by atoms with Gasteiger partial charge in [-0.15, -0.1) is 11.3 Å². The van der Waals surface area contributed by atoms with Crippen LogP contribution in [0.4, 0.5) is 0 Å². The summed E-state index contributed by atoms with van der Waals surface area (Å²) < 4.78 is 1.61. The van der Waals surface area contributed by atoms with Gasteiger partial charge in [-0.05, 0) is 31.8 Å². The molecule has 5 heteroatoms. The molecule has 3 rings (SSSR count). The average Bonchev–Trinajstić information content (AvgIpc) is 2.88. The summed E-state index contributed by atoms with van der Waals surface area (Å²) in [6.07, 6.45) is 5.62. The fraction of sp³-hybridized carbons (Fsp3) is 0.571. The Morgan fingerprint density at radius 2 is 2.21 bits per heavy atom. The van der Waals surface area contributed by atoms with E-state index < -0.39 is 0 Å². The van der Waals surface area contributed by atoms with Crippen LogP contribution < -0.4 is 5.56 Å². The Labute approximate surface area is 116 Å². The molecular formula is C14H19N3OS. The van der Waals surface area contributed by atoms with Crippen LogP contribution in [-0.4, -0.2) is 27.4 Å². The normalized spacial score (nSPS) is 18.2. The zero-order chi connectivity index (χ0) is 13.2. The smallest absolute Gasteiger partial charge is 0.258 e. The second-order valence-corrected chi connectivity index (χ2v) is 6.14. The van der Waals surface area contributed by atoms with Crippen molar-refractivity contribution in [3.63, 3.8) is 0 Å². The number of hydrogen-bond acceptors (Lipinski definition) is 4. The number of thiazole rings is 1. The van der Waals surface area contributed by atoms with Crippen molar-refractivity contribution < 1.29 is 0 Å². The van der Waals surface area contributed by atoms with Crippen LogP contribution in [-0.2, 0) is 6.54 Å². The summed E-state index contributed by atoms with van der Waals surface area (Å²) in [6, 6.07) is 1.67. The maximum Gasteiger partial charge on any atom is 0.258 e. The molecule has 102 valence electrons. The van der Waals surface area contributed by atoms with Gasteiger partial charge in [-0.25, -0.2) is 4.98 Å². The summed E-state index contributed by atoms with van der Waals surface area (Å²) in [6.45, 7) is 5.33. The monoisotopic (exact) mass is 277 g/mol. The zero-order valence-corrected chi connectivity index (χ0v) is 12.0. The van der Waals surface area contributed by atoms with Gasteiger partial charge in [0.25, 0.3) is 5.56 Å². The molecule has 19 heavy (non-hydrogen) atoms. The Balaban J connectivity index is 1.73. The Hall–Kier alpha value is -1.20. The highest BCUT2D eigenvalue weighted by Crippen LogP contribution is 2.21. The predicted molar refractivity (Wildman–Crippen MR) is 77.6 cm³/mol. The molecule has 1 aliphatic rings. The molecule has 0 N–H and O–H groups in total. The number of likely N-dealkylation sites (tertiary alicyclic amines) is 1. The molecule has 0 aliphatic carbocycles. The van der Waals surface area contributed by atoms with Gasteiger partial charge in [0.15, 0.2) is 4.96 Å². The lowest BCUT2D eigenvalue weighted by atomic mass is 9.94. The summed E-state index contributed by atoms with van der Waals surface area (Å²) in [7, 11) is 0. The van der Waals surface area contributed by atoms with E-state index in [0.29, 0.717) is 0 Å². The van der Waals surface area contributed by atoms with E-state index in [4.69, 9.17) is 0 Å². The SMILES string of the molecule is CCC1CCN(Cc2cc(=O)n3ccsc3n2)CC1. The van der Waals surface area contributed by atoms with E-state index in [1.54, 1.807) is 16.7 Å². The van der Waals surface area contributed by atoms with Crippen LogP contribution in [0.25, 0.3) is 4.96 Å². The summed E-state index contributed by atoms with van der Waals surface area (Å²) in [5.74, 6) is 0.884. The highest BCUT2D eigenvalue weighted by Gasteiger charge is 2.18. The second kappa shape index (κ2) is 5.43. The van der Waals surface area contributed by atoms with E-state index in [0.717, 1.165) is 36.2 Å². The van der Waals surface area contributed by atoms with E-state index >= 15 is 0 Å². The first-order valence-corrected chi connectivity index (χ1v) is 7.82. The van der Waals surface area contributed by atoms with E-state index in [2.05, 4.69) is 16.8 Å².